The van der Waals surface area contributed by atoms with Crippen LogP contribution in [0.5, 0.6) is 0 Å². The number of methoxy groups -OCH3 is 1. The lowest BCUT2D eigenvalue weighted by atomic mass is 9.94. The molecule has 4 aliphatic heterocycles. The van der Waals surface area contributed by atoms with Crippen LogP contribution in [0.1, 0.15) is 103 Å². The summed E-state index contributed by atoms with van der Waals surface area (Å²) in [5, 5.41) is 0. The molecule has 0 aromatic heterocycles. The van der Waals surface area contributed by atoms with Crippen LogP contribution >= 0.6 is 0 Å². The normalized spacial score (nSPS) is 24.1. The van der Waals surface area contributed by atoms with Crippen LogP contribution in [0.4, 0.5) is 0 Å². The van der Waals surface area contributed by atoms with Crippen LogP contribution < -0.4 is 0 Å². The van der Waals surface area contributed by atoms with E-state index in [0.717, 1.165) is 66.8 Å². The summed E-state index contributed by atoms with van der Waals surface area (Å²) in [5.41, 5.74) is 10.4. The zero-order chi connectivity index (χ0) is 99.6. The van der Waals surface area contributed by atoms with Crippen molar-refractivity contribution in [3.8, 4) is 0 Å². The molecule has 4 fully saturated rings. The molecule has 762 valence electrons. The van der Waals surface area contributed by atoms with Crippen molar-refractivity contribution < 1.29 is 114 Å². The van der Waals surface area contributed by atoms with Crippen LogP contribution in [0.2, 0.25) is 0 Å². The summed E-state index contributed by atoms with van der Waals surface area (Å²) in [6.45, 7) is 0.604. The van der Waals surface area contributed by atoms with Gasteiger partial charge in [-0.2, -0.15) is 0 Å². The quantitative estimate of drug-likeness (QED) is 0.0254. The maximum absolute atomic E-state index is 15.8. The van der Waals surface area contributed by atoms with Gasteiger partial charge >= 0.3 is 11.9 Å². The fourth-order valence-corrected chi connectivity index (χ4v) is 18.3. The van der Waals surface area contributed by atoms with Gasteiger partial charge in [-0.15, -0.1) is 0 Å². The minimum absolute atomic E-state index is 0.00346. The number of carbonyl (C=O) groups excluding carboxylic acids is 2. The molecule has 24 heteroatoms. The highest BCUT2D eigenvalue weighted by molar-refractivity contribution is 5.89. The van der Waals surface area contributed by atoms with Gasteiger partial charge in [0.05, 0.1) is 118 Å². The summed E-state index contributed by atoms with van der Waals surface area (Å²) < 4.78 is 164. The van der Waals surface area contributed by atoms with E-state index < -0.39 is 129 Å². The fourth-order valence-electron chi connectivity index (χ4n) is 18.3. The second-order valence-electron chi connectivity index (χ2n) is 36.6. The second kappa shape index (κ2) is 57.4. The Labute approximate surface area is 855 Å². The molecule has 0 bridgehead atoms. The molecule has 0 aliphatic carbocycles. The van der Waals surface area contributed by atoms with Crippen molar-refractivity contribution in [2.24, 2.45) is 0 Å². The van der Waals surface area contributed by atoms with E-state index in [1.54, 1.807) is 24.3 Å². The average Bonchev–Trinajstić information content (AvgIpc) is 0.750. The third kappa shape index (κ3) is 31.8. The Balaban J connectivity index is 0.870. The van der Waals surface area contributed by atoms with E-state index >= 15 is 4.79 Å². The number of benzene rings is 13. The van der Waals surface area contributed by atoms with Crippen LogP contribution in [0.25, 0.3) is 0 Å². The Bertz CT molecular complexity index is 5800. The van der Waals surface area contributed by atoms with E-state index in [1.807, 2.05) is 370 Å². The van der Waals surface area contributed by atoms with Crippen LogP contribution in [-0.2, 0) is 188 Å². The first-order valence-electron chi connectivity index (χ1n) is 50.4. The Hall–Kier alpha value is -12.0. The molecule has 146 heavy (non-hydrogen) atoms. The summed E-state index contributed by atoms with van der Waals surface area (Å²) in [4.78, 5) is 28.6. The minimum Gasteiger partial charge on any atom is -0.469 e. The number of esters is 2. The molecule has 0 amide bonds. The number of unbranched alkanes of at least 4 members (excludes halogenated alkanes) is 2. The van der Waals surface area contributed by atoms with Crippen molar-refractivity contribution in [2.45, 2.75) is 228 Å². The van der Waals surface area contributed by atoms with Crippen molar-refractivity contribution in [3.63, 3.8) is 0 Å². The van der Waals surface area contributed by atoms with Gasteiger partial charge in [0.2, 0.25) is 0 Å². The molecule has 0 unspecified atom stereocenters. The first-order chi connectivity index (χ1) is 72.2. The Morgan fingerprint density at radius 2 is 0.418 bits per heavy atom. The van der Waals surface area contributed by atoms with E-state index in [-0.39, 0.29) is 130 Å². The van der Waals surface area contributed by atoms with Crippen LogP contribution in [0.15, 0.2) is 394 Å². The number of hydrogen-bond donors (Lipinski definition) is 0. The largest absolute Gasteiger partial charge is 0.469 e. The lowest BCUT2D eigenvalue weighted by molar-refractivity contribution is -0.416. The molecule has 4 saturated heterocycles. The van der Waals surface area contributed by atoms with E-state index in [0.29, 0.717) is 19.3 Å². The molecule has 20 atom stereocenters. The minimum atomic E-state index is -1.74. The zero-order valence-corrected chi connectivity index (χ0v) is 82.2. The maximum atomic E-state index is 15.8. The van der Waals surface area contributed by atoms with Crippen LogP contribution in [-0.4, -0.2) is 175 Å². The SMILES string of the molecule is COC(=O)CCCCCO[C@H]1O[C@H](COCc2ccccc2)[C@@H](OCc2ccccc2)[C@H](OCc2ccccc2)[C@@H]1O[C@@H]1O[C@H](COCc2ccccc2)[C@@H](OCc2ccccc2)[C@H](OCc2ccccc2)[C@@H]1O[C@@H]1O[C@H](COCc2ccccc2)[C@@H](OCc2ccccc2)[C@H](OCc2ccccc2)[C@@H]1O[C@@H]1O[C@H](COCc2ccccc2)[C@@H](OCc2ccccc2)[C@H](OCc2ccccc2)[C@H]1OC(=O)c1ccccc1. The Morgan fingerprint density at radius 3 is 0.664 bits per heavy atom. The summed E-state index contributed by atoms with van der Waals surface area (Å²) in [6, 6.07) is 127. The third-order valence-corrected chi connectivity index (χ3v) is 25.9. The van der Waals surface area contributed by atoms with E-state index in [2.05, 4.69) is 0 Å². The van der Waals surface area contributed by atoms with Gasteiger partial charge in [-0.25, -0.2) is 4.79 Å². The molecule has 13 aromatic carbocycles. The zero-order valence-electron chi connectivity index (χ0n) is 82.2. The predicted octanol–water partition coefficient (Wildman–Crippen LogP) is 20.6. The molecular weight excluding hydrogens is 1850 g/mol. The van der Waals surface area contributed by atoms with Gasteiger partial charge in [-0.1, -0.05) is 389 Å². The average molecular weight is 1980 g/mol. The number of rotatable bonds is 55. The Kier molecular flexibility index (Phi) is 41.4. The second-order valence-corrected chi connectivity index (χ2v) is 36.6. The van der Waals surface area contributed by atoms with E-state index in [1.165, 1.54) is 7.11 Å². The molecule has 13 aromatic rings. The topological polar surface area (TPSA) is 237 Å². The van der Waals surface area contributed by atoms with E-state index in [4.69, 9.17) is 104 Å². The smallest absolute Gasteiger partial charge is 0.338 e. The number of ether oxygens (including phenoxy) is 22. The lowest BCUT2D eigenvalue weighted by Crippen LogP contribution is -2.69. The lowest BCUT2D eigenvalue weighted by Gasteiger charge is -2.53. The standard InChI is InChI=1S/C122H130O24/c1-125-105(123)70-42-15-43-71-130-119-114(110(135-80-96-60-32-10-33-61-96)106(131-76-92-52-24-6-25-53-92)101(139-119)84-126-72-88-44-16-2-17-45-88)144-121-116(112(137-82-98-64-36-12-37-65-98)108(133-78-94-56-28-8-29-57-94)103(141-121)86-128-74-90-48-20-4-21-49-90)146-122-117(113(138-83-99-66-38-13-39-67-99)109(134-79-95-58-30-9-31-59-95)104(142-122)87-129-75-91-50-22-5-23-51-91)145-120-115(143-118(124)100-68-40-14-41-69-100)111(136-81-97-62-34-11-35-63-97)107(132-77-93-54-26-7-27-55-93)102(140-120)85-127-73-89-46-18-3-19-47-89/h2-14,16-41,44-69,101-104,106-117,119-122H,15,42-43,70-87H2,1H3/t101-,102-,103-,104-,106-,107-,108-,109-,110+,111+,112+,113+,114+,115-,116+,117+,119+,120+,121+,122+/m1/s1. The monoisotopic (exact) mass is 1980 g/mol. The summed E-state index contributed by atoms with van der Waals surface area (Å²) in [7, 11) is 1.39. The van der Waals surface area contributed by atoms with Gasteiger partial charge < -0.3 is 104 Å². The van der Waals surface area contributed by atoms with Crippen LogP contribution in [0.3, 0.4) is 0 Å². The first-order valence-corrected chi connectivity index (χ1v) is 50.4. The van der Waals surface area contributed by atoms with E-state index in [9.17, 15) is 4.79 Å². The number of hydrogen-bond acceptors (Lipinski definition) is 24. The molecular formula is C122H130O24. The summed E-state index contributed by atoms with van der Waals surface area (Å²) >= 11 is 0. The van der Waals surface area contributed by atoms with Crippen molar-refractivity contribution >= 4 is 11.9 Å². The molecule has 17 rings (SSSR count). The van der Waals surface area contributed by atoms with Crippen molar-refractivity contribution in [3.05, 3.63) is 467 Å². The fraction of sp³-hybridized carbons (Fsp3) is 0.344. The highest BCUT2D eigenvalue weighted by Crippen LogP contribution is 2.43. The molecule has 4 aliphatic rings. The maximum Gasteiger partial charge on any atom is 0.338 e. The highest BCUT2D eigenvalue weighted by Gasteiger charge is 2.60. The van der Waals surface area contributed by atoms with Gasteiger partial charge in [0.1, 0.15) is 91.6 Å². The van der Waals surface area contributed by atoms with Gasteiger partial charge in [0.25, 0.3) is 0 Å². The molecule has 4 heterocycles. The van der Waals surface area contributed by atoms with Gasteiger partial charge in [-0.05, 0) is 91.7 Å². The predicted molar refractivity (Wildman–Crippen MR) is 546 cm³/mol. The van der Waals surface area contributed by atoms with Gasteiger partial charge in [-0.3, -0.25) is 4.79 Å². The van der Waals surface area contributed by atoms with Crippen molar-refractivity contribution in [2.75, 3.05) is 40.1 Å². The van der Waals surface area contributed by atoms with Crippen molar-refractivity contribution in [1.29, 1.82) is 0 Å². The Morgan fingerprint density at radius 1 is 0.212 bits per heavy atom. The molecule has 24 nitrogen and oxygen atoms in total. The third-order valence-electron chi connectivity index (χ3n) is 25.9. The highest BCUT2D eigenvalue weighted by atomic mass is 16.8. The molecule has 0 N–H and O–H groups in total. The van der Waals surface area contributed by atoms with Crippen LogP contribution in [0, 0.1) is 0 Å². The molecule has 0 saturated carbocycles. The molecule has 0 radical (unpaired) electrons. The number of carbonyl (C=O) groups is 2. The first kappa shape index (κ1) is 105. The summed E-state index contributed by atoms with van der Waals surface area (Å²) in [5.74, 6) is -1.05. The van der Waals surface area contributed by atoms with Gasteiger partial charge in [0.15, 0.2) is 31.3 Å². The van der Waals surface area contributed by atoms with Crippen molar-refractivity contribution in [1.82, 2.24) is 0 Å². The summed E-state index contributed by atoms with van der Waals surface area (Å²) in [6.07, 6.45) is -24.3. The van der Waals surface area contributed by atoms with Gasteiger partial charge in [0, 0.05) is 13.0 Å². The molecule has 0 spiro atoms.